The van der Waals surface area contributed by atoms with E-state index in [1.54, 1.807) is 12.2 Å². The average Bonchev–Trinajstić information content (AvgIpc) is 2.98. The molecule has 0 saturated heterocycles. The van der Waals surface area contributed by atoms with Gasteiger partial charge in [0.2, 0.25) is 12.4 Å². The van der Waals surface area contributed by atoms with Gasteiger partial charge in [-0.1, -0.05) is 57.4 Å². The van der Waals surface area contributed by atoms with Crippen molar-refractivity contribution in [2.24, 2.45) is 0 Å². The molecule has 1 heterocycles. The van der Waals surface area contributed by atoms with Crippen LogP contribution in [0.15, 0.2) is 67.3 Å². The predicted octanol–water partition coefficient (Wildman–Crippen LogP) is 7.77. The van der Waals surface area contributed by atoms with E-state index in [1.165, 1.54) is 12.2 Å². The number of nitrogens with zero attached hydrogens (tertiary/aromatic N) is 4. The molecule has 0 unspecified atom stereocenters. The first kappa shape index (κ1) is 35.1. The first-order valence-electron chi connectivity index (χ1n) is 14.9. The molecule has 0 atom stereocenters. The zero-order valence-corrected chi connectivity index (χ0v) is 26.2. The largest absolute Gasteiger partial charge is 0.372 e. The van der Waals surface area contributed by atoms with Crippen molar-refractivity contribution in [3.8, 4) is 11.3 Å². The normalized spacial score (nSPS) is 11.9. The van der Waals surface area contributed by atoms with Crippen molar-refractivity contribution in [3.63, 3.8) is 0 Å². The number of hydrogen-bond donors (Lipinski definition) is 2. The highest BCUT2D eigenvalue weighted by atomic mass is 19.1. The van der Waals surface area contributed by atoms with E-state index >= 15 is 0 Å². The van der Waals surface area contributed by atoms with Crippen LogP contribution in [0.3, 0.4) is 0 Å². The van der Waals surface area contributed by atoms with E-state index in [1.807, 2.05) is 25.1 Å². The van der Waals surface area contributed by atoms with Crippen LogP contribution in [0.25, 0.3) is 23.0 Å². The molecule has 1 aromatic carbocycles. The summed E-state index contributed by atoms with van der Waals surface area (Å²) in [6.45, 7) is 23.1. The molecule has 2 aromatic rings. The lowest BCUT2D eigenvalue weighted by atomic mass is 9.97. The highest BCUT2D eigenvalue weighted by Crippen LogP contribution is 2.34. The average molecular weight is 593 g/mol. The van der Waals surface area contributed by atoms with Crippen LogP contribution in [0.2, 0.25) is 0 Å². The SMILES string of the molecule is C=C(F)/C=C\C=C(\F)C/C=C\c1c(NC=O)nc(NCCCN(CC)CC)nc1-c1cc(C(=C)N(CC)CC)ccc1C. The maximum atomic E-state index is 14.4. The van der Waals surface area contributed by atoms with Crippen LogP contribution in [-0.2, 0) is 4.79 Å². The van der Waals surface area contributed by atoms with Gasteiger partial charge in [-0.25, -0.2) is 13.8 Å². The number of amides is 1. The number of benzene rings is 1. The number of allylic oxidation sites excluding steroid dienone is 6. The first-order valence-corrected chi connectivity index (χ1v) is 14.9. The Bertz CT molecular complexity index is 1330. The molecule has 1 aromatic heterocycles. The molecule has 1 amide bonds. The molecule has 7 nitrogen and oxygen atoms in total. The van der Waals surface area contributed by atoms with Crippen LogP contribution in [0, 0.1) is 6.92 Å². The molecule has 0 aliphatic rings. The molecule has 0 aliphatic carbocycles. The van der Waals surface area contributed by atoms with Gasteiger partial charge in [0, 0.05) is 42.9 Å². The monoisotopic (exact) mass is 592 g/mol. The summed E-state index contributed by atoms with van der Waals surface area (Å²) in [5.41, 5.74) is 4.79. The third-order valence-corrected chi connectivity index (χ3v) is 7.09. The first-order chi connectivity index (χ1) is 20.7. The Morgan fingerprint density at radius 1 is 1.05 bits per heavy atom. The Morgan fingerprint density at radius 2 is 1.77 bits per heavy atom. The van der Waals surface area contributed by atoms with Crippen molar-refractivity contribution in [1.29, 1.82) is 0 Å². The molecule has 0 radical (unpaired) electrons. The topological polar surface area (TPSA) is 73.4 Å². The summed E-state index contributed by atoms with van der Waals surface area (Å²) < 4.78 is 27.2. The number of nitrogens with one attached hydrogen (secondary N) is 2. The third-order valence-electron chi connectivity index (χ3n) is 7.09. The third kappa shape index (κ3) is 10.9. The molecule has 9 heteroatoms. The summed E-state index contributed by atoms with van der Waals surface area (Å²) in [5, 5.41) is 6.02. The van der Waals surface area contributed by atoms with Gasteiger partial charge in [-0.15, -0.1) is 0 Å². The van der Waals surface area contributed by atoms with Gasteiger partial charge < -0.3 is 20.4 Å². The van der Waals surface area contributed by atoms with Crippen LogP contribution in [0.5, 0.6) is 0 Å². The van der Waals surface area contributed by atoms with Gasteiger partial charge in [0.25, 0.3) is 0 Å². The highest BCUT2D eigenvalue weighted by molar-refractivity contribution is 5.86. The van der Waals surface area contributed by atoms with E-state index < -0.39 is 11.7 Å². The van der Waals surface area contributed by atoms with Crippen LogP contribution < -0.4 is 10.6 Å². The second-order valence-electron chi connectivity index (χ2n) is 9.90. The molecule has 43 heavy (non-hydrogen) atoms. The molecular formula is C34H46F2N6O. The standard InChI is InChI=1S/C34H46F2N6O/c1-8-41(9-2)22-14-21-37-34-39-32(31-23-28(20-19-25(31)5)27(7)42(10-3)11-4)30(33(40-34)38-24-43)18-13-17-29(36)16-12-15-26(6)35/h12-13,15-16,18-20,23-24H,6-11,14,17,21-22H2,1-5H3,(H2,37,38,39,40,43)/b15-12-,18-13-,29-16+. The number of carbonyl (C=O) groups is 1. The van der Waals surface area contributed by atoms with E-state index in [0.717, 1.165) is 67.6 Å². The van der Waals surface area contributed by atoms with E-state index in [4.69, 9.17) is 4.98 Å². The van der Waals surface area contributed by atoms with Crippen molar-refractivity contribution in [2.75, 3.05) is 49.9 Å². The Morgan fingerprint density at radius 3 is 2.40 bits per heavy atom. The zero-order valence-electron chi connectivity index (χ0n) is 26.2. The quantitative estimate of drug-likeness (QED) is 0.0986. The second-order valence-corrected chi connectivity index (χ2v) is 9.90. The molecule has 2 rings (SSSR count). The lowest BCUT2D eigenvalue weighted by molar-refractivity contribution is -0.105. The second kappa shape index (κ2) is 18.4. The maximum absolute atomic E-state index is 14.4. The molecule has 0 aliphatic heterocycles. The summed E-state index contributed by atoms with van der Waals surface area (Å²) >= 11 is 0. The summed E-state index contributed by atoms with van der Waals surface area (Å²) in [6.07, 6.45) is 8.24. The van der Waals surface area contributed by atoms with Crippen molar-refractivity contribution < 1.29 is 13.6 Å². The van der Waals surface area contributed by atoms with Gasteiger partial charge in [-0.3, -0.25) is 4.79 Å². The zero-order chi connectivity index (χ0) is 31.8. The molecule has 0 spiro atoms. The van der Waals surface area contributed by atoms with Gasteiger partial charge in [-0.05, 0) is 76.2 Å². The maximum Gasteiger partial charge on any atom is 0.225 e. The Labute approximate surface area is 255 Å². The smallest absolute Gasteiger partial charge is 0.225 e. The number of aryl methyl sites for hydroxylation is 1. The Balaban J connectivity index is 2.60. The van der Waals surface area contributed by atoms with Crippen molar-refractivity contribution in [3.05, 3.63) is 84.0 Å². The fourth-order valence-electron chi connectivity index (χ4n) is 4.58. The fourth-order valence-corrected chi connectivity index (χ4v) is 4.58. The van der Waals surface area contributed by atoms with E-state index in [-0.39, 0.29) is 6.42 Å². The van der Waals surface area contributed by atoms with Crippen molar-refractivity contribution in [1.82, 2.24) is 19.8 Å². The van der Waals surface area contributed by atoms with Gasteiger partial charge in [-0.2, -0.15) is 4.98 Å². The lowest BCUT2D eigenvalue weighted by Crippen LogP contribution is -2.25. The molecule has 2 N–H and O–H groups in total. The van der Waals surface area contributed by atoms with Gasteiger partial charge in [0.1, 0.15) is 17.5 Å². The highest BCUT2D eigenvalue weighted by Gasteiger charge is 2.18. The molecule has 0 saturated carbocycles. The molecular weight excluding hydrogens is 546 g/mol. The van der Waals surface area contributed by atoms with E-state index in [0.29, 0.717) is 36.0 Å². The van der Waals surface area contributed by atoms with Crippen molar-refractivity contribution >= 4 is 29.9 Å². The number of hydrogen-bond acceptors (Lipinski definition) is 6. The summed E-state index contributed by atoms with van der Waals surface area (Å²) in [4.78, 5) is 25.7. The minimum Gasteiger partial charge on any atom is -0.372 e. The van der Waals surface area contributed by atoms with Gasteiger partial charge in [0.15, 0.2) is 0 Å². The fraction of sp³-hybridized carbons (Fsp3) is 0.382. The summed E-state index contributed by atoms with van der Waals surface area (Å²) in [6, 6.07) is 6.10. The number of halogens is 2. The molecule has 0 fully saturated rings. The summed E-state index contributed by atoms with van der Waals surface area (Å²) in [7, 11) is 0. The van der Waals surface area contributed by atoms with Crippen LogP contribution in [0.1, 0.15) is 57.2 Å². The molecule has 0 bridgehead atoms. The predicted molar refractivity (Wildman–Crippen MR) is 177 cm³/mol. The lowest BCUT2D eigenvalue weighted by Gasteiger charge is -2.24. The van der Waals surface area contributed by atoms with E-state index in [2.05, 4.69) is 66.3 Å². The van der Waals surface area contributed by atoms with Crippen LogP contribution >= 0.6 is 0 Å². The number of anilines is 2. The minimum atomic E-state index is -0.658. The van der Waals surface area contributed by atoms with E-state index in [9.17, 15) is 13.6 Å². The molecule has 232 valence electrons. The van der Waals surface area contributed by atoms with Crippen molar-refractivity contribution in [2.45, 2.75) is 47.5 Å². The number of carbonyl (C=O) groups excluding carboxylic acids is 1. The Kier molecular flexibility index (Phi) is 15.0. The van der Waals surface area contributed by atoms with Gasteiger partial charge in [0.05, 0.1) is 5.69 Å². The number of rotatable bonds is 19. The van der Waals surface area contributed by atoms with Gasteiger partial charge >= 0.3 is 0 Å². The van der Waals surface area contributed by atoms with Crippen LogP contribution in [0.4, 0.5) is 20.5 Å². The Hall–Kier alpha value is -4.11. The number of aromatic nitrogens is 2. The van der Waals surface area contributed by atoms with Crippen LogP contribution in [-0.4, -0.2) is 65.4 Å². The summed E-state index contributed by atoms with van der Waals surface area (Å²) in [5.74, 6) is -0.450. The minimum absolute atomic E-state index is 0.0494.